The number of phenols is 1. The summed E-state index contributed by atoms with van der Waals surface area (Å²) in [5, 5.41) is 24.9. The highest BCUT2D eigenvalue weighted by molar-refractivity contribution is 6.31. The number of carbonyl (C=O) groups is 1. The Morgan fingerprint density at radius 1 is 1.31 bits per heavy atom. The number of nitro benzene ring substituents is 1. The Morgan fingerprint density at radius 3 is 2.69 bits per heavy atom. The minimum atomic E-state index is -0.723. The molecule has 1 aliphatic rings. The average molecular weight is 354 g/mol. The van der Waals surface area contributed by atoms with E-state index < -0.39 is 22.3 Å². The Labute approximate surface area is 148 Å². The second-order valence-electron chi connectivity index (χ2n) is 5.32. The highest BCUT2D eigenvalue weighted by atomic mass is 16.7. The molecule has 1 aliphatic heterocycles. The summed E-state index contributed by atoms with van der Waals surface area (Å²) in [7, 11) is 0. The molecule has 132 valence electrons. The normalized spacial score (nSPS) is 14.9. The summed E-state index contributed by atoms with van der Waals surface area (Å²) < 4.78 is 5.24. The summed E-state index contributed by atoms with van der Waals surface area (Å²) in [6, 6.07) is 11.5. The minimum absolute atomic E-state index is 0.0434. The highest BCUT2D eigenvalue weighted by Gasteiger charge is 2.27. The number of rotatable bonds is 5. The first kappa shape index (κ1) is 17.2. The van der Waals surface area contributed by atoms with E-state index in [2.05, 4.69) is 5.16 Å². The standard InChI is InChI=1S/C18H14N2O6/c1-2-25-15-10-11(9-14(17(15)21)20(23)24)8-13-16(19-26-18(13)22)12-6-4-3-5-7-12/h3-10,21H,2H2,1H3/b13-8-. The fourth-order valence-corrected chi connectivity index (χ4v) is 2.48. The van der Waals surface area contributed by atoms with E-state index >= 15 is 0 Å². The third kappa shape index (κ3) is 3.25. The molecule has 0 bridgehead atoms. The summed E-state index contributed by atoms with van der Waals surface area (Å²) in [5.74, 6) is -1.28. The molecule has 0 aromatic heterocycles. The fraction of sp³-hybridized carbons (Fsp3) is 0.111. The maximum absolute atomic E-state index is 12.0. The van der Waals surface area contributed by atoms with Crippen LogP contribution in [-0.2, 0) is 9.63 Å². The molecule has 0 unspecified atom stereocenters. The number of carbonyl (C=O) groups excluding carboxylic acids is 1. The summed E-state index contributed by atoms with van der Waals surface area (Å²) in [6.45, 7) is 1.90. The van der Waals surface area contributed by atoms with Gasteiger partial charge in [0, 0.05) is 11.6 Å². The topological polar surface area (TPSA) is 111 Å². The van der Waals surface area contributed by atoms with Gasteiger partial charge in [-0.1, -0.05) is 35.5 Å². The molecule has 0 radical (unpaired) electrons. The van der Waals surface area contributed by atoms with E-state index in [1.165, 1.54) is 12.1 Å². The number of nitrogens with zero attached hydrogens (tertiary/aromatic N) is 2. The predicted octanol–water partition coefficient (Wildman–Crippen LogP) is 3.04. The van der Waals surface area contributed by atoms with Crippen molar-refractivity contribution in [1.82, 2.24) is 0 Å². The second kappa shape index (κ2) is 7.06. The molecule has 0 saturated heterocycles. The molecule has 1 N–H and O–H groups in total. The summed E-state index contributed by atoms with van der Waals surface area (Å²) >= 11 is 0. The molecule has 0 aliphatic carbocycles. The Kier molecular flexibility index (Phi) is 4.66. The fourth-order valence-electron chi connectivity index (χ4n) is 2.48. The first-order valence-electron chi connectivity index (χ1n) is 7.72. The van der Waals surface area contributed by atoms with Crippen LogP contribution in [0.1, 0.15) is 18.1 Å². The largest absolute Gasteiger partial charge is 0.500 e. The average Bonchev–Trinajstić information content (AvgIpc) is 2.99. The van der Waals surface area contributed by atoms with Crippen molar-refractivity contribution < 1.29 is 24.4 Å². The Bertz CT molecular complexity index is 934. The lowest BCUT2D eigenvalue weighted by Gasteiger charge is -2.08. The zero-order valence-corrected chi connectivity index (χ0v) is 13.7. The Hall–Kier alpha value is -3.68. The van der Waals surface area contributed by atoms with Crippen molar-refractivity contribution in [3.05, 3.63) is 69.3 Å². The van der Waals surface area contributed by atoms with Gasteiger partial charge >= 0.3 is 11.7 Å². The van der Waals surface area contributed by atoms with Gasteiger partial charge in [-0.3, -0.25) is 10.1 Å². The molecule has 8 heteroatoms. The number of phenolic OH excluding ortho intramolecular Hbond substituents is 1. The smallest absolute Gasteiger partial charge is 0.368 e. The highest BCUT2D eigenvalue weighted by Crippen LogP contribution is 2.38. The van der Waals surface area contributed by atoms with Crippen LogP contribution < -0.4 is 4.74 Å². The van der Waals surface area contributed by atoms with Crippen LogP contribution in [0.2, 0.25) is 0 Å². The summed E-state index contributed by atoms with van der Waals surface area (Å²) in [4.78, 5) is 27.2. The van der Waals surface area contributed by atoms with E-state index in [0.717, 1.165) is 6.07 Å². The lowest BCUT2D eigenvalue weighted by molar-refractivity contribution is -0.386. The van der Waals surface area contributed by atoms with Crippen molar-refractivity contribution in [3.8, 4) is 11.5 Å². The molecule has 2 aromatic carbocycles. The molecule has 0 spiro atoms. The van der Waals surface area contributed by atoms with Crippen molar-refractivity contribution in [1.29, 1.82) is 0 Å². The number of hydrogen-bond acceptors (Lipinski definition) is 7. The van der Waals surface area contributed by atoms with Gasteiger partial charge in [-0.05, 0) is 24.6 Å². The number of ether oxygens (including phenoxy) is 1. The Balaban J connectivity index is 2.09. The van der Waals surface area contributed by atoms with E-state index in [9.17, 15) is 20.0 Å². The molecular formula is C18H14N2O6. The first-order valence-corrected chi connectivity index (χ1v) is 7.72. The van der Waals surface area contributed by atoms with Gasteiger partial charge < -0.3 is 14.7 Å². The van der Waals surface area contributed by atoms with Crippen molar-refractivity contribution >= 4 is 23.4 Å². The lowest BCUT2D eigenvalue weighted by atomic mass is 10.0. The van der Waals surface area contributed by atoms with Crippen molar-refractivity contribution in [2.75, 3.05) is 6.61 Å². The van der Waals surface area contributed by atoms with Crippen LogP contribution in [0.5, 0.6) is 11.5 Å². The van der Waals surface area contributed by atoms with Gasteiger partial charge in [0.2, 0.25) is 5.75 Å². The molecule has 0 fully saturated rings. The van der Waals surface area contributed by atoms with Gasteiger partial charge in [0.15, 0.2) is 5.75 Å². The van der Waals surface area contributed by atoms with E-state index in [1.807, 2.05) is 6.07 Å². The quantitative estimate of drug-likeness (QED) is 0.382. The Morgan fingerprint density at radius 2 is 2.04 bits per heavy atom. The molecule has 8 nitrogen and oxygen atoms in total. The van der Waals surface area contributed by atoms with Crippen LogP contribution in [0.15, 0.2) is 53.2 Å². The van der Waals surface area contributed by atoms with Crippen LogP contribution in [0.25, 0.3) is 6.08 Å². The van der Waals surface area contributed by atoms with E-state index in [0.29, 0.717) is 16.8 Å². The third-order valence-electron chi connectivity index (χ3n) is 3.63. The lowest BCUT2D eigenvalue weighted by Crippen LogP contribution is -2.06. The monoisotopic (exact) mass is 354 g/mol. The number of oxime groups is 1. The van der Waals surface area contributed by atoms with Crippen LogP contribution >= 0.6 is 0 Å². The minimum Gasteiger partial charge on any atom is -0.500 e. The molecule has 2 aromatic rings. The number of benzene rings is 2. The van der Waals surface area contributed by atoms with Crippen molar-refractivity contribution in [2.45, 2.75) is 6.92 Å². The van der Waals surface area contributed by atoms with Gasteiger partial charge in [-0.2, -0.15) is 0 Å². The van der Waals surface area contributed by atoms with Crippen LogP contribution in [-0.4, -0.2) is 28.3 Å². The third-order valence-corrected chi connectivity index (χ3v) is 3.63. The molecule has 1 heterocycles. The van der Waals surface area contributed by atoms with Gasteiger partial charge in [0.05, 0.1) is 17.1 Å². The maximum atomic E-state index is 12.0. The molecule has 3 rings (SSSR count). The molecule has 0 amide bonds. The predicted molar refractivity (Wildman–Crippen MR) is 93.0 cm³/mol. The van der Waals surface area contributed by atoms with Gasteiger partial charge in [-0.25, -0.2) is 4.79 Å². The van der Waals surface area contributed by atoms with Gasteiger partial charge in [0.25, 0.3) is 0 Å². The van der Waals surface area contributed by atoms with Crippen molar-refractivity contribution in [2.24, 2.45) is 5.16 Å². The SMILES string of the molecule is CCOc1cc(/C=C2\C(=O)ON=C2c2ccccc2)cc([N+](=O)[O-])c1O. The molecule has 26 heavy (non-hydrogen) atoms. The molecule has 0 atom stereocenters. The number of aromatic hydroxyl groups is 1. The summed E-state index contributed by atoms with van der Waals surface area (Å²) in [6.07, 6.45) is 1.41. The van der Waals surface area contributed by atoms with Crippen LogP contribution in [0, 0.1) is 10.1 Å². The van der Waals surface area contributed by atoms with E-state index in [4.69, 9.17) is 9.57 Å². The zero-order chi connectivity index (χ0) is 18.7. The van der Waals surface area contributed by atoms with Crippen molar-refractivity contribution in [3.63, 3.8) is 0 Å². The number of hydrogen-bond donors (Lipinski definition) is 1. The van der Waals surface area contributed by atoms with Crippen LogP contribution in [0.4, 0.5) is 5.69 Å². The van der Waals surface area contributed by atoms with Crippen LogP contribution in [0.3, 0.4) is 0 Å². The van der Waals surface area contributed by atoms with E-state index in [1.54, 1.807) is 31.2 Å². The number of nitro groups is 1. The molecule has 0 saturated carbocycles. The zero-order valence-electron chi connectivity index (χ0n) is 13.7. The maximum Gasteiger partial charge on any atom is 0.368 e. The molecular weight excluding hydrogens is 340 g/mol. The van der Waals surface area contributed by atoms with E-state index in [-0.39, 0.29) is 17.9 Å². The van der Waals surface area contributed by atoms with Gasteiger partial charge in [0.1, 0.15) is 5.71 Å². The summed E-state index contributed by atoms with van der Waals surface area (Å²) in [5.41, 5.74) is 0.925. The second-order valence-corrected chi connectivity index (χ2v) is 5.32. The van der Waals surface area contributed by atoms with Gasteiger partial charge in [-0.15, -0.1) is 0 Å². The first-order chi connectivity index (χ1) is 12.5.